The summed E-state index contributed by atoms with van der Waals surface area (Å²) in [5.74, 6) is 0.237. The van der Waals surface area contributed by atoms with Crippen molar-refractivity contribution in [3.8, 4) is 0 Å². The summed E-state index contributed by atoms with van der Waals surface area (Å²) in [4.78, 5) is 17.7. The van der Waals surface area contributed by atoms with Gasteiger partial charge in [0.05, 0.1) is 5.92 Å². The van der Waals surface area contributed by atoms with Crippen molar-refractivity contribution in [3.05, 3.63) is 53.6 Å². The Labute approximate surface area is 174 Å². The molecule has 2 saturated heterocycles. The molecule has 1 aromatic carbocycles. The van der Waals surface area contributed by atoms with E-state index in [9.17, 15) is 4.79 Å². The van der Waals surface area contributed by atoms with Crippen LogP contribution < -0.4 is 4.90 Å². The highest BCUT2D eigenvalue weighted by Gasteiger charge is 2.51. The quantitative estimate of drug-likeness (QED) is 0.727. The second-order valence-electron chi connectivity index (χ2n) is 9.55. The highest BCUT2D eigenvalue weighted by molar-refractivity contribution is 5.76. The van der Waals surface area contributed by atoms with Crippen LogP contribution in [0.5, 0.6) is 0 Å². The summed E-state index contributed by atoms with van der Waals surface area (Å²) in [7, 11) is 0. The molecule has 0 aromatic heterocycles. The van der Waals surface area contributed by atoms with Crippen molar-refractivity contribution in [2.45, 2.75) is 39.2 Å². The molecule has 4 aliphatic rings. The minimum absolute atomic E-state index is 0.0185. The Hall–Kier alpha value is -2.07. The molecular weight excluding hydrogens is 360 g/mol. The van der Waals surface area contributed by atoms with Crippen LogP contribution in [0.4, 0.5) is 5.69 Å². The van der Waals surface area contributed by atoms with Gasteiger partial charge in [-0.25, -0.2) is 0 Å². The van der Waals surface area contributed by atoms with Gasteiger partial charge in [-0.05, 0) is 49.3 Å². The van der Waals surface area contributed by atoms with Crippen LogP contribution in [0.25, 0.3) is 0 Å². The number of piperazine rings is 1. The summed E-state index contributed by atoms with van der Waals surface area (Å²) in [6, 6.07) is 10.6. The number of fused-ring (bicyclic) bond motifs is 2. The number of allylic oxidation sites excluding steroid dienone is 3. The summed E-state index contributed by atoms with van der Waals surface area (Å²) in [5, 5.41) is 0. The Bertz CT molecular complexity index is 838. The lowest BCUT2D eigenvalue weighted by molar-refractivity contribution is -0.145. The molecule has 0 spiro atoms. The molecule has 4 atom stereocenters. The number of benzene rings is 1. The van der Waals surface area contributed by atoms with Crippen LogP contribution in [0, 0.1) is 17.3 Å². The van der Waals surface area contributed by atoms with Crippen LogP contribution in [0.1, 0.15) is 33.1 Å². The van der Waals surface area contributed by atoms with Crippen LogP contribution >= 0.6 is 0 Å². The summed E-state index contributed by atoms with van der Waals surface area (Å²) in [6.45, 7) is 9.45. The summed E-state index contributed by atoms with van der Waals surface area (Å²) in [5.41, 5.74) is 4.36. The van der Waals surface area contributed by atoms with Gasteiger partial charge in [0.1, 0.15) is 6.10 Å². The van der Waals surface area contributed by atoms with Gasteiger partial charge in [-0.1, -0.05) is 42.8 Å². The van der Waals surface area contributed by atoms with E-state index in [0.717, 1.165) is 45.6 Å². The zero-order valence-electron chi connectivity index (χ0n) is 17.6. The van der Waals surface area contributed by atoms with E-state index >= 15 is 0 Å². The molecule has 4 nitrogen and oxygen atoms in total. The van der Waals surface area contributed by atoms with E-state index in [1.807, 2.05) is 0 Å². The SMILES string of the molecule is CC1=CCC[C@@]2(C)C[C@H]3OC(=O)[C@H](CN4CCN(c5ccccc5)CC4)[C@@H]3C=C12. The fourth-order valence-corrected chi connectivity index (χ4v) is 5.94. The van der Waals surface area contributed by atoms with Crippen LogP contribution in [0.2, 0.25) is 0 Å². The average Bonchev–Trinajstić information content (AvgIpc) is 3.01. The summed E-state index contributed by atoms with van der Waals surface area (Å²) in [6.07, 6.45) is 8.14. The Morgan fingerprint density at radius 2 is 1.90 bits per heavy atom. The van der Waals surface area contributed by atoms with Crippen LogP contribution in [-0.4, -0.2) is 49.7 Å². The molecule has 0 unspecified atom stereocenters. The zero-order chi connectivity index (χ0) is 20.0. The van der Waals surface area contributed by atoms with Gasteiger partial charge in [-0.3, -0.25) is 9.69 Å². The Kier molecular flexibility index (Phi) is 4.78. The van der Waals surface area contributed by atoms with Crippen LogP contribution in [0.15, 0.2) is 53.6 Å². The average molecular weight is 393 g/mol. The van der Waals surface area contributed by atoms with Crippen LogP contribution in [-0.2, 0) is 9.53 Å². The first-order valence-electron chi connectivity index (χ1n) is 11.2. The maximum Gasteiger partial charge on any atom is 0.311 e. The molecule has 2 heterocycles. The third-order valence-corrected chi connectivity index (χ3v) is 7.65. The van der Waals surface area contributed by atoms with Crippen molar-refractivity contribution in [3.63, 3.8) is 0 Å². The first-order chi connectivity index (χ1) is 14.0. The maximum atomic E-state index is 12.8. The van der Waals surface area contributed by atoms with E-state index < -0.39 is 0 Å². The van der Waals surface area contributed by atoms with E-state index in [1.165, 1.54) is 23.3 Å². The zero-order valence-corrected chi connectivity index (χ0v) is 17.6. The number of esters is 1. The number of carbonyl (C=O) groups is 1. The molecule has 0 N–H and O–H groups in total. The molecule has 1 aromatic rings. The molecule has 0 amide bonds. The molecule has 4 heteroatoms. The van der Waals surface area contributed by atoms with E-state index in [2.05, 4.69) is 66.1 Å². The summed E-state index contributed by atoms with van der Waals surface area (Å²) >= 11 is 0. The number of para-hydroxylation sites is 1. The molecule has 2 fully saturated rings. The Morgan fingerprint density at radius 1 is 1.14 bits per heavy atom. The van der Waals surface area contributed by atoms with Gasteiger partial charge in [-0.2, -0.15) is 0 Å². The minimum atomic E-state index is -0.0185. The highest BCUT2D eigenvalue weighted by Crippen LogP contribution is 2.52. The van der Waals surface area contributed by atoms with Crippen molar-refractivity contribution in [1.82, 2.24) is 4.90 Å². The fourth-order valence-electron chi connectivity index (χ4n) is 5.94. The van der Waals surface area contributed by atoms with E-state index in [0.29, 0.717) is 0 Å². The maximum absolute atomic E-state index is 12.8. The molecule has 0 bridgehead atoms. The predicted molar refractivity (Wildman–Crippen MR) is 116 cm³/mol. The fraction of sp³-hybridized carbons (Fsp3) is 0.560. The van der Waals surface area contributed by atoms with Crippen LogP contribution in [0.3, 0.4) is 0 Å². The molecule has 5 rings (SSSR count). The monoisotopic (exact) mass is 392 g/mol. The third kappa shape index (κ3) is 3.42. The number of anilines is 1. The second-order valence-corrected chi connectivity index (χ2v) is 9.55. The number of rotatable bonds is 3. The normalized spacial score (nSPS) is 34.8. The van der Waals surface area contributed by atoms with Gasteiger partial charge in [0.15, 0.2) is 0 Å². The molecule has 0 radical (unpaired) electrons. The highest BCUT2D eigenvalue weighted by atomic mass is 16.6. The first kappa shape index (κ1) is 18.9. The molecular formula is C25H32N2O2. The van der Waals surface area contributed by atoms with Crippen molar-refractivity contribution in [1.29, 1.82) is 0 Å². The second kappa shape index (κ2) is 7.32. The largest absolute Gasteiger partial charge is 0.461 e. The van der Waals surface area contributed by atoms with Gasteiger partial charge in [-0.15, -0.1) is 0 Å². The van der Waals surface area contributed by atoms with Crippen molar-refractivity contribution in [2.75, 3.05) is 37.6 Å². The topological polar surface area (TPSA) is 32.8 Å². The van der Waals surface area contributed by atoms with Crippen molar-refractivity contribution < 1.29 is 9.53 Å². The smallest absolute Gasteiger partial charge is 0.311 e. The Morgan fingerprint density at radius 3 is 2.66 bits per heavy atom. The lowest BCUT2D eigenvalue weighted by Gasteiger charge is -2.43. The predicted octanol–water partition coefficient (Wildman–Crippen LogP) is 4.04. The van der Waals surface area contributed by atoms with Gasteiger partial charge in [0.2, 0.25) is 0 Å². The number of ether oxygens (including phenoxy) is 1. The van der Waals surface area contributed by atoms with Gasteiger partial charge >= 0.3 is 5.97 Å². The molecule has 154 valence electrons. The number of hydrogen-bond donors (Lipinski definition) is 0. The summed E-state index contributed by atoms with van der Waals surface area (Å²) < 4.78 is 5.92. The standard InChI is InChI=1S/C25H32N2O2/c1-18-7-6-10-25(2)16-23-20(15-22(18)25)21(24(28)29-23)17-26-11-13-27(14-12-26)19-8-4-3-5-9-19/h3-5,7-9,15,20-21,23H,6,10-14,16-17H2,1-2H3/t20-,21+,23+,25-/m0/s1. The number of carbonyl (C=O) groups excluding carboxylic acids is 1. The van der Waals surface area contributed by atoms with Gasteiger partial charge < -0.3 is 9.64 Å². The van der Waals surface area contributed by atoms with Gasteiger partial charge in [0, 0.05) is 44.3 Å². The van der Waals surface area contributed by atoms with E-state index in [1.54, 1.807) is 0 Å². The van der Waals surface area contributed by atoms with Crippen molar-refractivity contribution >= 4 is 11.7 Å². The molecule has 29 heavy (non-hydrogen) atoms. The number of nitrogens with zero attached hydrogens (tertiary/aromatic N) is 2. The molecule has 2 aliphatic carbocycles. The molecule has 2 aliphatic heterocycles. The molecule has 0 saturated carbocycles. The Balaban J connectivity index is 1.28. The first-order valence-corrected chi connectivity index (χ1v) is 11.2. The van der Waals surface area contributed by atoms with Crippen molar-refractivity contribution in [2.24, 2.45) is 17.3 Å². The lowest BCUT2D eigenvalue weighted by Crippen LogP contribution is -2.49. The minimum Gasteiger partial charge on any atom is -0.461 e. The van der Waals surface area contributed by atoms with E-state index in [-0.39, 0.29) is 29.3 Å². The number of hydrogen-bond acceptors (Lipinski definition) is 4. The third-order valence-electron chi connectivity index (χ3n) is 7.65. The van der Waals surface area contributed by atoms with E-state index in [4.69, 9.17) is 4.74 Å². The van der Waals surface area contributed by atoms with Gasteiger partial charge in [0.25, 0.3) is 0 Å². The lowest BCUT2D eigenvalue weighted by atomic mass is 9.62.